The molecular formula is C5H10NaO4. The fourth-order valence-corrected chi connectivity index (χ4v) is 0.302. The molecule has 0 aliphatic heterocycles. The minimum absolute atomic E-state index is 0. The molecule has 5 heteroatoms. The molecule has 0 aromatic rings. The van der Waals surface area contributed by atoms with E-state index in [1.54, 1.807) is 0 Å². The van der Waals surface area contributed by atoms with Crippen molar-refractivity contribution in [3.8, 4) is 0 Å². The van der Waals surface area contributed by atoms with Crippen LogP contribution in [0.25, 0.3) is 0 Å². The summed E-state index contributed by atoms with van der Waals surface area (Å²) in [6, 6.07) is 0. The Morgan fingerprint density at radius 2 is 1.80 bits per heavy atom. The van der Waals surface area contributed by atoms with Crippen LogP contribution in [0.2, 0.25) is 0 Å². The van der Waals surface area contributed by atoms with Crippen molar-refractivity contribution in [2.75, 3.05) is 0 Å². The molecule has 0 heterocycles. The summed E-state index contributed by atoms with van der Waals surface area (Å²) in [5.74, 6) is -1.41. The molecule has 0 saturated carbocycles. The van der Waals surface area contributed by atoms with Crippen LogP contribution in [0, 0.1) is 0 Å². The van der Waals surface area contributed by atoms with Crippen LogP contribution in [-0.2, 0) is 4.79 Å². The van der Waals surface area contributed by atoms with Crippen LogP contribution in [0.1, 0.15) is 13.8 Å². The van der Waals surface area contributed by atoms with Gasteiger partial charge in [0.15, 0.2) is 6.10 Å². The minimum Gasteiger partial charge on any atom is -0.479 e. The van der Waals surface area contributed by atoms with Gasteiger partial charge in [0.2, 0.25) is 0 Å². The monoisotopic (exact) mass is 157 g/mol. The van der Waals surface area contributed by atoms with Crippen molar-refractivity contribution >= 4 is 35.5 Å². The normalized spacial score (nSPS) is 13.6. The second-order valence-corrected chi connectivity index (χ2v) is 2.39. The van der Waals surface area contributed by atoms with Gasteiger partial charge < -0.3 is 15.3 Å². The maximum Gasteiger partial charge on any atom is 0.335 e. The molecule has 55 valence electrons. The predicted octanol–water partition coefficient (Wildman–Crippen LogP) is -1.18. The van der Waals surface area contributed by atoms with E-state index in [4.69, 9.17) is 15.3 Å². The van der Waals surface area contributed by atoms with E-state index < -0.39 is 17.7 Å². The van der Waals surface area contributed by atoms with Gasteiger partial charge in [-0.25, -0.2) is 4.79 Å². The van der Waals surface area contributed by atoms with Crippen LogP contribution in [0.15, 0.2) is 0 Å². The molecule has 0 amide bonds. The first-order chi connectivity index (χ1) is 3.85. The molecule has 0 aliphatic carbocycles. The Morgan fingerprint density at radius 3 is 1.80 bits per heavy atom. The second kappa shape index (κ2) is 4.31. The van der Waals surface area contributed by atoms with E-state index in [2.05, 4.69) is 0 Å². The standard InChI is InChI=1S/C5H10O4.Na/c1-5(2,9)3(6)4(7)8;/h3,6,9H,1-2H3,(H,7,8);. The Labute approximate surface area is 81.2 Å². The predicted molar refractivity (Wildman–Crippen MR) is 35.7 cm³/mol. The summed E-state index contributed by atoms with van der Waals surface area (Å²) in [6.07, 6.45) is -1.71. The molecule has 0 saturated heterocycles. The molecule has 3 N–H and O–H groups in total. The van der Waals surface area contributed by atoms with Crippen molar-refractivity contribution in [2.45, 2.75) is 25.6 Å². The Hall–Kier alpha value is 0.390. The number of aliphatic hydroxyl groups excluding tert-OH is 1. The first-order valence-electron chi connectivity index (χ1n) is 2.49. The van der Waals surface area contributed by atoms with Crippen molar-refractivity contribution in [1.82, 2.24) is 0 Å². The van der Waals surface area contributed by atoms with Gasteiger partial charge in [-0.15, -0.1) is 0 Å². The van der Waals surface area contributed by atoms with Crippen LogP contribution in [0.4, 0.5) is 0 Å². The van der Waals surface area contributed by atoms with E-state index in [0.29, 0.717) is 0 Å². The fraction of sp³-hybridized carbons (Fsp3) is 0.800. The molecule has 0 spiro atoms. The number of hydrogen-bond donors (Lipinski definition) is 3. The van der Waals surface area contributed by atoms with Gasteiger partial charge in [-0.05, 0) is 13.8 Å². The van der Waals surface area contributed by atoms with Gasteiger partial charge in [0, 0.05) is 29.6 Å². The molecule has 1 radical (unpaired) electrons. The van der Waals surface area contributed by atoms with E-state index in [1.165, 1.54) is 13.8 Å². The summed E-state index contributed by atoms with van der Waals surface area (Å²) in [5.41, 5.74) is -1.56. The van der Waals surface area contributed by atoms with E-state index >= 15 is 0 Å². The zero-order chi connectivity index (χ0) is 7.65. The molecule has 0 aromatic carbocycles. The number of hydrogen-bond acceptors (Lipinski definition) is 3. The SMILES string of the molecule is CC(C)(O)C(O)C(=O)O.[Na]. The average Bonchev–Trinajstić information content (AvgIpc) is 1.62. The zero-order valence-electron chi connectivity index (χ0n) is 6.33. The Balaban J connectivity index is 0. The summed E-state index contributed by atoms with van der Waals surface area (Å²) in [4.78, 5) is 9.94. The molecule has 0 aliphatic rings. The third-order valence-electron chi connectivity index (χ3n) is 0.903. The van der Waals surface area contributed by atoms with E-state index in [9.17, 15) is 4.79 Å². The maximum absolute atomic E-state index is 9.94. The summed E-state index contributed by atoms with van der Waals surface area (Å²) >= 11 is 0. The molecular weight excluding hydrogens is 147 g/mol. The van der Waals surface area contributed by atoms with E-state index in [-0.39, 0.29) is 29.6 Å². The third-order valence-corrected chi connectivity index (χ3v) is 0.903. The van der Waals surface area contributed by atoms with Gasteiger partial charge in [-0.2, -0.15) is 0 Å². The van der Waals surface area contributed by atoms with Gasteiger partial charge in [0.05, 0.1) is 5.60 Å². The average molecular weight is 157 g/mol. The quantitative estimate of drug-likeness (QED) is 0.441. The summed E-state index contributed by atoms with van der Waals surface area (Å²) in [7, 11) is 0. The van der Waals surface area contributed by atoms with Crippen LogP contribution < -0.4 is 0 Å². The molecule has 0 fully saturated rings. The third kappa shape index (κ3) is 4.24. The number of rotatable bonds is 2. The van der Waals surface area contributed by atoms with Crippen molar-refractivity contribution in [2.24, 2.45) is 0 Å². The van der Waals surface area contributed by atoms with E-state index in [0.717, 1.165) is 0 Å². The topological polar surface area (TPSA) is 77.8 Å². The largest absolute Gasteiger partial charge is 0.479 e. The Kier molecular flexibility index (Phi) is 5.60. The molecule has 0 rings (SSSR count). The second-order valence-electron chi connectivity index (χ2n) is 2.39. The zero-order valence-corrected chi connectivity index (χ0v) is 8.33. The fourth-order valence-electron chi connectivity index (χ4n) is 0.302. The van der Waals surface area contributed by atoms with Gasteiger partial charge in [0.25, 0.3) is 0 Å². The van der Waals surface area contributed by atoms with Crippen LogP contribution in [0.3, 0.4) is 0 Å². The summed E-state index contributed by atoms with van der Waals surface area (Å²) in [6.45, 7) is 2.46. The number of aliphatic carboxylic acids is 1. The molecule has 0 aromatic heterocycles. The van der Waals surface area contributed by atoms with Crippen LogP contribution in [0.5, 0.6) is 0 Å². The van der Waals surface area contributed by atoms with Crippen molar-refractivity contribution < 1.29 is 20.1 Å². The smallest absolute Gasteiger partial charge is 0.335 e. The molecule has 10 heavy (non-hydrogen) atoms. The number of carboxylic acid groups (broad SMARTS) is 1. The number of carboxylic acids is 1. The van der Waals surface area contributed by atoms with Gasteiger partial charge >= 0.3 is 5.97 Å². The van der Waals surface area contributed by atoms with Gasteiger partial charge in [0.1, 0.15) is 0 Å². The minimum atomic E-state index is -1.71. The first kappa shape index (κ1) is 13.0. The Bertz CT molecular complexity index is 117. The van der Waals surface area contributed by atoms with Crippen LogP contribution in [-0.4, -0.2) is 62.6 Å². The maximum atomic E-state index is 9.94. The molecule has 4 nitrogen and oxygen atoms in total. The van der Waals surface area contributed by atoms with Gasteiger partial charge in [-0.1, -0.05) is 0 Å². The molecule has 1 unspecified atom stereocenters. The van der Waals surface area contributed by atoms with Crippen molar-refractivity contribution in [3.05, 3.63) is 0 Å². The summed E-state index contributed by atoms with van der Waals surface area (Å²) < 4.78 is 0. The summed E-state index contributed by atoms with van der Waals surface area (Å²) in [5, 5.41) is 25.5. The number of carbonyl (C=O) groups is 1. The molecule has 1 atom stereocenters. The van der Waals surface area contributed by atoms with Crippen molar-refractivity contribution in [1.29, 1.82) is 0 Å². The molecule has 0 bridgehead atoms. The first-order valence-corrected chi connectivity index (χ1v) is 2.49. The van der Waals surface area contributed by atoms with Gasteiger partial charge in [-0.3, -0.25) is 0 Å². The number of aliphatic hydroxyl groups is 2. The van der Waals surface area contributed by atoms with Crippen LogP contribution >= 0.6 is 0 Å². The Morgan fingerprint density at radius 1 is 1.50 bits per heavy atom. The van der Waals surface area contributed by atoms with E-state index in [1.807, 2.05) is 0 Å². The van der Waals surface area contributed by atoms with Crippen molar-refractivity contribution in [3.63, 3.8) is 0 Å².